The number of aromatic amines is 1. The van der Waals surface area contributed by atoms with E-state index in [9.17, 15) is 9.90 Å². The standard InChI is InChI=1S/C23H19ClN4O3/c24-19-10-16(31-15-4-2-1-3-5-15)6-7-17(19)21(30)18-11-25-22-20(18)23(27-13-26-22)28-9-8-14(29)12-28/h1-7,10-11,13-14,29H,8-9,12H2,(H,25,26,27). The first-order valence-electron chi connectivity index (χ1n) is 9.92. The van der Waals surface area contributed by atoms with Gasteiger partial charge in [-0.25, -0.2) is 9.97 Å². The zero-order chi connectivity index (χ0) is 21.4. The van der Waals surface area contributed by atoms with E-state index in [1.807, 2.05) is 35.2 Å². The lowest BCUT2D eigenvalue weighted by molar-refractivity contribution is 0.104. The molecule has 4 aromatic rings. The minimum atomic E-state index is -0.408. The summed E-state index contributed by atoms with van der Waals surface area (Å²) in [5, 5.41) is 10.8. The summed E-state index contributed by atoms with van der Waals surface area (Å²) in [6.45, 7) is 1.13. The summed E-state index contributed by atoms with van der Waals surface area (Å²) in [5.41, 5.74) is 1.36. The van der Waals surface area contributed by atoms with Gasteiger partial charge in [0, 0.05) is 30.9 Å². The molecule has 1 aliphatic heterocycles. The van der Waals surface area contributed by atoms with E-state index in [2.05, 4.69) is 15.0 Å². The Kier molecular flexibility index (Phi) is 5.05. The van der Waals surface area contributed by atoms with Crippen molar-refractivity contribution in [3.05, 3.63) is 77.2 Å². The van der Waals surface area contributed by atoms with Crippen molar-refractivity contribution in [2.75, 3.05) is 18.0 Å². The van der Waals surface area contributed by atoms with E-state index in [0.29, 0.717) is 64.0 Å². The zero-order valence-electron chi connectivity index (χ0n) is 16.5. The van der Waals surface area contributed by atoms with Gasteiger partial charge in [-0.15, -0.1) is 0 Å². The van der Waals surface area contributed by atoms with Crippen molar-refractivity contribution in [1.29, 1.82) is 0 Å². The maximum atomic E-state index is 13.4. The number of fused-ring (bicyclic) bond motifs is 1. The summed E-state index contributed by atoms with van der Waals surface area (Å²) in [4.78, 5) is 27.0. The SMILES string of the molecule is O=C(c1ccc(Oc2ccccc2)cc1Cl)c1c[nH]c2ncnc(N3CCC(O)C3)c12. The van der Waals surface area contributed by atoms with Crippen LogP contribution in [0.3, 0.4) is 0 Å². The normalized spacial score (nSPS) is 16.1. The highest BCUT2D eigenvalue weighted by Gasteiger charge is 2.27. The van der Waals surface area contributed by atoms with Crippen molar-refractivity contribution < 1.29 is 14.6 Å². The number of rotatable bonds is 5. The summed E-state index contributed by atoms with van der Waals surface area (Å²) in [5.74, 6) is 1.62. The number of hydrogen-bond acceptors (Lipinski definition) is 6. The Labute approximate surface area is 183 Å². The minimum Gasteiger partial charge on any atom is -0.457 e. The molecule has 5 rings (SSSR count). The van der Waals surface area contributed by atoms with Gasteiger partial charge in [0.05, 0.1) is 22.1 Å². The summed E-state index contributed by atoms with van der Waals surface area (Å²) in [6, 6.07) is 14.4. The van der Waals surface area contributed by atoms with Crippen molar-refractivity contribution >= 4 is 34.2 Å². The topological polar surface area (TPSA) is 91.3 Å². The lowest BCUT2D eigenvalue weighted by Crippen LogP contribution is -2.22. The minimum absolute atomic E-state index is 0.238. The molecule has 0 spiro atoms. The van der Waals surface area contributed by atoms with Crippen molar-refractivity contribution in [1.82, 2.24) is 15.0 Å². The highest BCUT2D eigenvalue weighted by molar-refractivity contribution is 6.35. The van der Waals surface area contributed by atoms with E-state index in [0.717, 1.165) is 0 Å². The summed E-state index contributed by atoms with van der Waals surface area (Å²) >= 11 is 6.46. The second-order valence-electron chi connectivity index (χ2n) is 7.40. The first kappa shape index (κ1) is 19.5. The number of hydrogen-bond donors (Lipinski definition) is 2. The molecule has 2 aromatic carbocycles. The van der Waals surface area contributed by atoms with Crippen LogP contribution in [-0.2, 0) is 0 Å². The molecular formula is C23H19ClN4O3. The van der Waals surface area contributed by atoms with Crippen LogP contribution in [0, 0.1) is 0 Å². The Balaban J connectivity index is 1.49. The number of para-hydroxylation sites is 1. The van der Waals surface area contributed by atoms with Gasteiger partial charge >= 0.3 is 0 Å². The Morgan fingerprint density at radius 3 is 2.71 bits per heavy atom. The van der Waals surface area contributed by atoms with E-state index in [1.165, 1.54) is 6.33 Å². The molecule has 1 fully saturated rings. The number of H-pyrrole nitrogens is 1. The molecule has 3 heterocycles. The molecule has 0 amide bonds. The van der Waals surface area contributed by atoms with Crippen LogP contribution in [0.5, 0.6) is 11.5 Å². The second-order valence-corrected chi connectivity index (χ2v) is 7.80. The van der Waals surface area contributed by atoms with Gasteiger partial charge < -0.3 is 19.7 Å². The van der Waals surface area contributed by atoms with E-state index in [-0.39, 0.29) is 5.78 Å². The third-order valence-electron chi connectivity index (χ3n) is 5.32. The lowest BCUT2D eigenvalue weighted by Gasteiger charge is -2.17. The fourth-order valence-electron chi connectivity index (χ4n) is 3.81. The van der Waals surface area contributed by atoms with Crippen molar-refractivity contribution in [3.63, 3.8) is 0 Å². The molecular weight excluding hydrogens is 416 g/mol. The van der Waals surface area contributed by atoms with E-state index >= 15 is 0 Å². The molecule has 2 aromatic heterocycles. The van der Waals surface area contributed by atoms with Crippen LogP contribution in [0.1, 0.15) is 22.3 Å². The van der Waals surface area contributed by atoms with Crippen molar-refractivity contribution in [2.24, 2.45) is 0 Å². The highest BCUT2D eigenvalue weighted by Crippen LogP contribution is 2.33. The van der Waals surface area contributed by atoms with Crippen LogP contribution >= 0.6 is 11.6 Å². The van der Waals surface area contributed by atoms with Gasteiger partial charge in [-0.2, -0.15) is 0 Å². The Hall–Kier alpha value is -3.42. The number of ketones is 1. The molecule has 2 N–H and O–H groups in total. The largest absolute Gasteiger partial charge is 0.457 e. The third-order valence-corrected chi connectivity index (χ3v) is 5.63. The molecule has 8 heteroatoms. The molecule has 1 aliphatic rings. The van der Waals surface area contributed by atoms with Crippen LogP contribution < -0.4 is 9.64 Å². The van der Waals surface area contributed by atoms with E-state index in [1.54, 1.807) is 24.4 Å². The van der Waals surface area contributed by atoms with Crippen molar-refractivity contribution in [3.8, 4) is 11.5 Å². The predicted octanol–water partition coefficient (Wildman–Crippen LogP) is 4.21. The highest BCUT2D eigenvalue weighted by atomic mass is 35.5. The number of anilines is 1. The maximum Gasteiger partial charge on any atom is 0.196 e. The monoisotopic (exact) mass is 434 g/mol. The number of aliphatic hydroxyl groups is 1. The summed E-state index contributed by atoms with van der Waals surface area (Å²) < 4.78 is 5.80. The van der Waals surface area contributed by atoms with Crippen LogP contribution in [0.2, 0.25) is 5.02 Å². The lowest BCUT2D eigenvalue weighted by atomic mass is 10.0. The summed E-state index contributed by atoms with van der Waals surface area (Å²) in [7, 11) is 0. The fraction of sp³-hybridized carbons (Fsp3) is 0.174. The molecule has 0 bridgehead atoms. The van der Waals surface area contributed by atoms with Gasteiger partial charge in [-0.05, 0) is 30.7 Å². The number of aromatic nitrogens is 3. The molecule has 1 unspecified atom stereocenters. The molecule has 156 valence electrons. The van der Waals surface area contributed by atoms with Gasteiger partial charge in [-0.1, -0.05) is 29.8 Å². The predicted molar refractivity (Wildman–Crippen MR) is 118 cm³/mol. The number of benzene rings is 2. The van der Waals surface area contributed by atoms with Crippen LogP contribution in [-0.4, -0.2) is 45.0 Å². The molecule has 0 aliphatic carbocycles. The van der Waals surface area contributed by atoms with E-state index in [4.69, 9.17) is 16.3 Å². The number of carbonyl (C=O) groups excluding carboxylic acids is 1. The second kappa shape index (κ2) is 8.02. The molecule has 1 atom stereocenters. The third kappa shape index (κ3) is 3.73. The zero-order valence-corrected chi connectivity index (χ0v) is 17.2. The summed E-state index contributed by atoms with van der Waals surface area (Å²) in [6.07, 6.45) is 3.33. The number of aliphatic hydroxyl groups excluding tert-OH is 1. The van der Waals surface area contributed by atoms with Gasteiger partial charge in [-0.3, -0.25) is 4.79 Å². The smallest absolute Gasteiger partial charge is 0.196 e. The average molecular weight is 435 g/mol. The van der Waals surface area contributed by atoms with Crippen LogP contribution in [0.4, 0.5) is 5.82 Å². The van der Waals surface area contributed by atoms with Crippen LogP contribution in [0.25, 0.3) is 11.0 Å². The van der Waals surface area contributed by atoms with Gasteiger partial charge in [0.1, 0.15) is 29.3 Å². The average Bonchev–Trinajstić information content (AvgIpc) is 3.40. The Morgan fingerprint density at radius 2 is 1.97 bits per heavy atom. The number of carbonyl (C=O) groups is 1. The Bertz CT molecular complexity index is 1260. The quantitative estimate of drug-likeness (QED) is 0.457. The fourth-order valence-corrected chi connectivity index (χ4v) is 4.07. The van der Waals surface area contributed by atoms with Gasteiger partial charge in [0.25, 0.3) is 0 Å². The first-order chi connectivity index (χ1) is 15.1. The van der Waals surface area contributed by atoms with Gasteiger partial charge in [0.2, 0.25) is 0 Å². The number of β-amino-alcohol motifs (C(OH)–C–C–N with tert-alkyl or cyclic N) is 1. The Morgan fingerprint density at radius 1 is 1.13 bits per heavy atom. The molecule has 1 saturated heterocycles. The molecule has 31 heavy (non-hydrogen) atoms. The first-order valence-corrected chi connectivity index (χ1v) is 10.3. The van der Waals surface area contributed by atoms with E-state index < -0.39 is 6.10 Å². The van der Waals surface area contributed by atoms with Crippen molar-refractivity contribution in [2.45, 2.75) is 12.5 Å². The number of nitrogens with zero attached hydrogens (tertiary/aromatic N) is 3. The maximum absolute atomic E-state index is 13.4. The number of halogens is 1. The number of ether oxygens (including phenoxy) is 1. The molecule has 7 nitrogen and oxygen atoms in total. The van der Waals surface area contributed by atoms with Crippen LogP contribution in [0.15, 0.2) is 61.1 Å². The van der Waals surface area contributed by atoms with Gasteiger partial charge in [0.15, 0.2) is 5.78 Å². The molecule has 0 saturated carbocycles. The molecule has 0 radical (unpaired) electrons. The number of nitrogens with one attached hydrogen (secondary N) is 1.